The van der Waals surface area contributed by atoms with E-state index in [2.05, 4.69) is 5.10 Å². The van der Waals surface area contributed by atoms with E-state index < -0.39 is 12.4 Å². The Morgan fingerprint density at radius 3 is 2.60 bits per heavy atom. The molecule has 0 unspecified atom stereocenters. The minimum Gasteiger partial charge on any atom is -0.491 e. The molecule has 0 bridgehead atoms. The van der Waals surface area contributed by atoms with E-state index in [1.54, 1.807) is 30.1 Å². The minimum atomic E-state index is -4.96. The molecular formula is C12H13BF3KN2O. The second-order valence-electron chi connectivity index (χ2n) is 4.22. The van der Waals surface area contributed by atoms with E-state index in [9.17, 15) is 12.9 Å². The van der Waals surface area contributed by atoms with E-state index in [1.165, 1.54) is 6.07 Å². The number of rotatable bonds is 5. The summed E-state index contributed by atoms with van der Waals surface area (Å²) >= 11 is 0. The summed E-state index contributed by atoms with van der Waals surface area (Å²) in [6.07, 6.45) is 3.46. The number of ether oxygens (including phenoxy) is 1. The van der Waals surface area contributed by atoms with Crippen molar-refractivity contribution in [3.05, 3.63) is 42.2 Å². The van der Waals surface area contributed by atoms with Crippen LogP contribution in [0.3, 0.4) is 0 Å². The first-order valence-corrected chi connectivity index (χ1v) is 5.87. The molecule has 0 N–H and O–H groups in total. The van der Waals surface area contributed by atoms with Gasteiger partial charge in [0.05, 0.1) is 6.54 Å². The van der Waals surface area contributed by atoms with Gasteiger partial charge in [0, 0.05) is 12.4 Å². The first-order valence-electron chi connectivity index (χ1n) is 5.87. The van der Waals surface area contributed by atoms with Gasteiger partial charge in [0.15, 0.2) is 0 Å². The Labute approximate surface area is 158 Å². The fraction of sp³-hybridized carbons (Fsp3) is 0.250. The van der Waals surface area contributed by atoms with E-state index in [1.807, 2.05) is 0 Å². The molecule has 0 radical (unpaired) electrons. The van der Waals surface area contributed by atoms with Gasteiger partial charge in [-0.25, -0.2) is 0 Å². The van der Waals surface area contributed by atoms with E-state index >= 15 is 0 Å². The van der Waals surface area contributed by atoms with Crippen LogP contribution in [0, 0.1) is 6.92 Å². The van der Waals surface area contributed by atoms with Gasteiger partial charge in [-0.1, -0.05) is 12.1 Å². The Kier molecular flexibility index (Phi) is 6.80. The largest absolute Gasteiger partial charge is 1.00 e. The van der Waals surface area contributed by atoms with Gasteiger partial charge in [0.1, 0.15) is 12.4 Å². The summed E-state index contributed by atoms with van der Waals surface area (Å²) in [6.45, 7) is -2.44. The standard InChI is InChI=1S/C12H13BF3N2O.K/c1-10-9-11(13(14,15)16)3-4-12(10)19-8-7-18-6-2-5-17-18;/h2-6,9H,7-8H2,1H3;/q-1;+1. The van der Waals surface area contributed by atoms with Crippen LogP contribution in [-0.4, -0.2) is 23.4 Å². The molecule has 1 aromatic carbocycles. The molecule has 3 nitrogen and oxygen atoms in total. The second kappa shape index (κ2) is 7.65. The van der Waals surface area contributed by atoms with Crippen LogP contribution in [0.25, 0.3) is 0 Å². The molecule has 0 saturated heterocycles. The third-order valence-corrected chi connectivity index (χ3v) is 2.71. The van der Waals surface area contributed by atoms with Crippen LogP contribution >= 0.6 is 0 Å². The molecule has 20 heavy (non-hydrogen) atoms. The molecule has 0 fully saturated rings. The van der Waals surface area contributed by atoms with Crippen molar-refractivity contribution in [3.63, 3.8) is 0 Å². The van der Waals surface area contributed by atoms with Crippen LogP contribution < -0.4 is 61.6 Å². The SMILES string of the molecule is Cc1cc([B-](F)(F)F)ccc1OCCn1cccn1.[K+]. The molecule has 2 rings (SSSR count). The minimum absolute atomic E-state index is 0. The van der Waals surface area contributed by atoms with E-state index in [0.29, 0.717) is 24.5 Å². The molecule has 0 saturated carbocycles. The Balaban J connectivity index is 0.00000200. The molecule has 0 spiro atoms. The summed E-state index contributed by atoms with van der Waals surface area (Å²) in [4.78, 5) is 0. The summed E-state index contributed by atoms with van der Waals surface area (Å²) in [5, 5.41) is 4.01. The third kappa shape index (κ3) is 4.92. The predicted octanol–water partition coefficient (Wildman–Crippen LogP) is -0.671. The van der Waals surface area contributed by atoms with Gasteiger partial charge in [-0.3, -0.25) is 4.68 Å². The number of benzene rings is 1. The predicted molar refractivity (Wildman–Crippen MR) is 67.6 cm³/mol. The average Bonchev–Trinajstić information content (AvgIpc) is 2.83. The van der Waals surface area contributed by atoms with Crippen LogP contribution in [0.2, 0.25) is 0 Å². The van der Waals surface area contributed by atoms with Gasteiger partial charge < -0.3 is 17.7 Å². The van der Waals surface area contributed by atoms with Crippen molar-refractivity contribution in [2.45, 2.75) is 13.5 Å². The summed E-state index contributed by atoms with van der Waals surface area (Å²) in [7, 11) is 0. The normalized spacial score (nSPS) is 11.0. The average molecular weight is 308 g/mol. The first kappa shape index (κ1) is 17.8. The third-order valence-electron chi connectivity index (χ3n) is 2.71. The summed E-state index contributed by atoms with van der Waals surface area (Å²) in [5.41, 5.74) is -0.117. The Bertz CT molecular complexity index is 546. The van der Waals surface area contributed by atoms with Crippen molar-refractivity contribution in [3.8, 4) is 5.75 Å². The first-order chi connectivity index (χ1) is 8.97. The molecule has 1 aromatic heterocycles. The topological polar surface area (TPSA) is 27.1 Å². The molecule has 102 valence electrons. The van der Waals surface area contributed by atoms with Crippen LogP contribution in [-0.2, 0) is 6.54 Å². The van der Waals surface area contributed by atoms with Gasteiger partial charge >= 0.3 is 58.4 Å². The van der Waals surface area contributed by atoms with Crippen LogP contribution in [0.5, 0.6) is 5.75 Å². The maximum Gasteiger partial charge on any atom is 1.00 e. The number of halogens is 3. The van der Waals surface area contributed by atoms with Crippen molar-refractivity contribution in [2.75, 3.05) is 6.61 Å². The zero-order valence-corrected chi connectivity index (χ0v) is 14.5. The van der Waals surface area contributed by atoms with Crippen LogP contribution in [0.1, 0.15) is 5.56 Å². The number of aryl methyl sites for hydroxylation is 1. The van der Waals surface area contributed by atoms with Crippen LogP contribution in [0.4, 0.5) is 12.9 Å². The van der Waals surface area contributed by atoms with E-state index in [0.717, 1.165) is 12.1 Å². The summed E-state index contributed by atoms with van der Waals surface area (Å²) < 4.78 is 44.8. The van der Waals surface area contributed by atoms with Gasteiger partial charge in [-0.2, -0.15) is 5.10 Å². The molecule has 0 aliphatic carbocycles. The number of aromatic nitrogens is 2. The quantitative estimate of drug-likeness (QED) is 0.685. The van der Waals surface area contributed by atoms with Gasteiger partial charge in [-0.15, -0.1) is 5.46 Å². The van der Waals surface area contributed by atoms with Crippen molar-refractivity contribution in [1.29, 1.82) is 0 Å². The van der Waals surface area contributed by atoms with Crippen LogP contribution in [0.15, 0.2) is 36.7 Å². The van der Waals surface area contributed by atoms with Gasteiger partial charge in [0.2, 0.25) is 0 Å². The Morgan fingerprint density at radius 2 is 2.05 bits per heavy atom. The smallest absolute Gasteiger partial charge is 0.491 e. The zero-order valence-electron chi connectivity index (χ0n) is 11.4. The molecule has 2 aromatic rings. The van der Waals surface area contributed by atoms with E-state index in [4.69, 9.17) is 4.74 Å². The molecule has 0 amide bonds. The molecule has 0 aliphatic rings. The molecule has 0 atom stereocenters. The zero-order chi connectivity index (χ0) is 13.9. The summed E-state index contributed by atoms with van der Waals surface area (Å²) in [5.74, 6) is 0.468. The second-order valence-corrected chi connectivity index (χ2v) is 4.22. The summed E-state index contributed by atoms with van der Waals surface area (Å²) in [6, 6.07) is 5.33. The molecule has 8 heteroatoms. The van der Waals surface area contributed by atoms with Crippen molar-refractivity contribution in [1.82, 2.24) is 9.78 Å². The number of hydrogen-bond acceptors (Lipinski definition) is 2. The van der Waals surface area contributed by atoms with Crippen molar-refractivity contribution < 1.29 is 69.1 Å². The van der Waals surface area contributed by atoms with Gasteiger partial charge in [-0.05, 0) is 24.6 Å². The van der Waals surface area contributed by atoms with E-state index in [-0.39, 0.29) is 51.4 Å². The Hall–Kier alpha value is -0.279. The Morgan fingerprint density at radius 1 is 1.30 bits per heavy atom. The number of hydrogen-bond donors (Lipinski definition) is 0. The maximum absolute atomic E-state index is 12.5. The van der Waals surface area contributed by atoms with Crippen molar-refractivity contribution >= 4 is 12.4 Å². The monoisotopic (exact) mass is 308 g/mol. The van der Waals surface area contributed by atoms with Gasteiger partial charge in [0.25, 0.3) is 0 Å². The number of nitrogens with zero attached hydrogens (tertiary/aromatic N) is 2. The molecule has 0 aliphatic heterocycles. The molecular weight excluding hydrogens is 295 g/mol. The van der Waals surface area contributed by atoms with Crippen molar-refractivity contribution in [2.24, 2.45) is 0 Å². The molecule has 1 heterocycles. The fourth-order valence-corrected chi connectivity index (χ4v) is 1.72. The fourth-order valence-electron chi connectivity index (χ4n) is 1.72. The maximum atomic E-state index is 12.5.